The molecule has 3 N–H and O–H groups in total. The van der Waals surface area contributed by atoms with Crippen molar-refractivity contribution in [3.8, 4) is 0 Å². The molecule has 0 saturated carbocycles. The van der Waals surface area contributed by atoms with Gasteiger partial charge in [-0.05, 0) is 24.7 Å². The Balaban J connectivity index is 2.75. The van der Waals surface area contributed by atoms with Gasteiger partial charge in [-0.15, -0.1) is 0 Å². The van der Waals surface area contributed by atoms with Crippen LogP contribution in [0.5, 0.6) is 0 Å². The Labute approximate surface area is 94.7 Å². The molecule has 4 nitrogen and oxygen atoms in total. The Bertz CT molecular complexity index is 550. The van der Waals surface area contributed by atoms with Crippen LogP contribution in [0.4, 0.5) is 0 Å². The number of nitrogens with two attached hydrogens (primary N) is 1. The molecule has 0 aliphatic rings. The summed E-state index contributed by atoms with van der Waals surface area (Å²) in [5, 5.41) is 0.939. The van der Waals surface area contributed by atoms with Gasteiger partial charge >= 0.3 is 5.69 Å². The monoisotopic (exact) mass is 267 g/mol. The van der Waals surface area contributed by atoms with Gasteiger partial charge in [0.05, 0.1) is 5.52 Å². The molecule has 0 unspecified atom stereocenters. The van der Waals surface area contributed by atoms with E-state index < -0.39 is 0 Å². The number of nitrogens with one attached hydrogen (secondary N) is 1. The number of aromatic nitrogens is 2. The Hall–Kier alpha value is -1.20. The molecule has 0 aliphatic heterocycles. The van der Waals surface area contributed by atoms with Crippen molar-refractivity contribution in [2.24, 2.45) is 5.73 Å². The lowest BCUT2D eigenvalue weighted by molar-refractivity contribution is 0.910. The van der Waals surface area contributed by atoms with E-state index in [9.17, 15) is 4.79 Å². The minimum atomic E-state index is -0.326. The van der Waals surface area contributed by atoms with Gasteiger partial charge in [0.1, 0.15) is 0 Å². The van der Waals surface area contributed by atoms with Crippen LogP contribution in [-0.2, 0) is 6.42 Å². The van der Waals surface area contributed by atoms with E-state index in [1.165, 1.54) is 0 Å². The highest BCUT2D eigenvalue weighted by atomic mass is 79.9. The van der Waals surface area contributed by atoms with Gasteiger partial charge in [-0.1, -0.05) is 15.9 Å². The maximum Gasteiger partial charge on any atom is 0.345 e. The fourth-order valence-electron chi connectivity index (χ4n) is 1.52. The number of fused-ring (bicyclic) bond motifs is 1. The third-order valence-corrected chi connectivity index (χ3v) is 2.65. The zero-order valence-corrected chi connectivity index (χ0v) is 9.54. The number of rotatable bonds is 2. The molecule has 1 aromatic heterocycles. The minimum Gasteiger partial charge on any atom is -0.330 e. The first-order chi connectivity index (χ1) is 7.20. The van der Waals surface area contributed by atoms with Crippen LogP contribution in [0.1, 0.15) is 5.69 Å². The van der Waals surface area contributed by atoms with Crippen molar-refractivity contribution >= 4 is 26.8 Å². The molecule has 0 bridgehead atoms. The standard InChI is InChI=1S/C10H10BrN3O/c11-6-1-2-8-7(5-6)9(3-4-12)14-10(15)13-8/h1-2,5H,3-4,12H2,(H,13,14,15). The van der Waals surface area contributed by atoms with E-state index in [1.54, 1.807) is 0 Å². The van der Waals surface area contributed by atoms with Gasteiger partial charge in [-0.2, -0.15) is 4.98 Å². The van der Waals surface area contributed by atoms with Crippen molar-refractivity contribution < 1.29 is 0 Å². The highest BCUT2D eigenvalue weighted by Gasteiger charge is 2.04. The molecule has 0 aliphatic carbocycles. The molecule has 0 fully saturated rings. The first-order valence-corrected chi connectivity index (χ1v) is 5.38. The predicted molar refractivity (Wildman–Crippen MR) is 62.8 cm³/mol. The molecular formula is C10H10BrN3O. The number of hydrogen-bond acceptors (Lipinski definition) is 3. The van der Waals surface area contributed by atoms with E-state index in [0.717, 1.165) is 15.6 Å². The van der Waals surface area contributed by atoms with Crippen LogP contribution in [0.2, 0.25) is 0 Å². The quantitative estimate of drug-likeness (QED) is 0.859. The van der Waals surface area contributed by atoms with E-state index in [-0.39, 0.29) is 5.69 Å². The second-order valence-electron chi connectivity index (χ2n) is 3.22. The van der Waals surface area contributed by atoms with Crippen LogP contribution in [-0.4, -0.2) is 16.5 Å². The SMILES string of the molecule is NCCc1[nH]c(=O)nc2ccc(Br)cc12. The fraction of sp³-hybridized carbons (Fsp3) is 0.200. The molecule has 0 amide bonds. The van der Waals surface area contributed by atoms with Gasteiger partial charge in [0.15, 0.2) is 0 Å². The Kier molecular flexibility index (Phi) is 2.83. The molecular weight excluding hydrogens is 258 g/mol. The number of benzene rings is 1. The second kappa shape index (κ2) is 4.12. The summed E-state index contributed by atoms with van der Waals surface area (Å²) in [5.41, 5.74) is 6.70. The number of nitrogens with zero attached hydrogens (tertiary/aromatic N) is 1. The molecule has 0 saturated heterocycles. The molecule has 78 valence electrons. The van der Waals surface area contributed by atoms with Crippen LogP contribution in [0.15, 0.2) is 27.5 Å². The van der Waals surface area contributed by atoms with Crippen molar-refractivity contribution in [3.05, 3.63) is 38.9 Å². The molecule has 1 heterocycles. The zero-order valence-electron chi connectivity index (χ0n) is 7.96. The van der Waals surface area contributed by atoms with Crippen molar-refractivity contribution in [1.82, 2.24) is 9.97 Å². The van der Waals surface area contributed by atoms with E-state index in [0.29, 0.717) is 18.5 Å². The van der Waals surface area contributed by atoms with Gasteiger partial charge in [-0.25, -0.2) is 4.79 Å². The number of hydrogen-bond donors (Lipinski definition) is 2. The fourth-order valence-corrected chi connectivity index (χ4v) is 1.88. The lowest BCUT2D eigenvalue weighted by Gasteiger charge is -2.04. The van der Waals surface area contributed by atoms with Crippen LogP contribution in [0.3, 0.4) is 0 Å². The molecule has 2 rings (SSSR count). The summed E-state index contributed by atoms with van der Waals surface area (Å²) >= 11 is 3.39. The summed E-state index contributed by atoms with van der Waals surface area (Å²) in [6.07, 6.45) is 0.644. The van der Waals surface area contributed by atoms with Gasteiger partial charge in [0.2, 0.25) is 0 Å². The summed E-state index contributed by atoms with van der Waals surface area (Å²) in [5.74, 6) is 0. The lowest BCUT2D eigenvalue weighted by Crippen LogP contribution is -2.15. The van der Waals surface area contributed by atoms with E-state index in [2.05, 4.69) is 25.9 Å². The minimum absolute atomic E-state index is 0.326. The van der Waals surface area contributed by atoms with Crippen molar-refractivity contribution in [2.75, 3.05) is 6.54 Å². The summed E-state index contributed by atoms with van der Waals surface area (Å²) in [6, 6.07) is 5.61. The molecule has 5 heteroatoms. The van der Waals surface area contributed by atoms with E-state index in [1.807, 2.05) is 18.2 Å². The van der Waals surface area contributed by atoms with Gasteiger partial charge in [0.25, 0.3) is 0 Å². The molecule has 1 aromatic carbocycles. The average molecular weight is 268 g/mol. The maximum atomic E-state index is 11.2. The third-order valence-electron chi connectivity index (χ3n) is 2.16. The number of halogens is 1. The van der Waals surface area contributed by atoms with E-state index in [4.69, 9.17) is 5.73 Å². The summed E-state index contributed by atoms with van der Waals surface area (Å²) < 4.78 is 0.960. The largest absolute Gasteiger partial charge is 0.345 e. The zero-order chi connectivity index (χ0) is 10.8. The summed E-state index contributed by atoms with van der Waals surface area (Å²) in [7, 11) is 0. The lowest BCUT2D eigenvalue weighted by atomic mass is 10.1. The molecule has 15 heavy (non-hydrogen) atoms. The number of aromatic amines is 1. The molecule has 0 atom stereocenters. The molecule has 0 spiro atoms. The van der Waals surface area contributed by atoms with Gasteiger partial charge in [0, 0.05) is 22.0 Å². The van der Waals surface area contributed by atoms with Crippen molar-refractivity contribution in [1.29, 1.82) is 0 Å². The Morgan fingerprint density at radius 1 is 1.47 bits per heavy atom. The van der Waals surface area contributed by atoms with Crippen LogP contribution < -0.4 is 11.4 Å². The second-order valence-corrected chi connectivity index (χ2v) is 4.14. The average Bonchev–Trinajstić information content (AvgIpc) is 2.19. The van der Waals surface area contributed by atoms with E-state index >= 15 is 0 Å². The highest BCUT2D eigenvalue weighted by molar-refractivity contribution is 9.10. The first kappa shape index (κ1) is 10.3. The topological polar surface area (TPSA) is 71.8 Å². The van der Waals surface area contributed by atoms with Crippen LogP contribution >= 0.6 is 15.9 Å². The summed E-state index contributed by atoms with van der Waals surface area (Å²) in [6.45, 7) is 0.502. The molecule has 2 aromatic rings. The third kappa shape index (κ3) is 2.08. The van der Waals surface area contributed by atoms with Crippen LogP contribution in [0.25, 0.3) is 10.9 Å². The predicted octanol–water partition coefficient (Wildman–Crippen LogP) is 1.19. The van der Waals surface area contributed by atoms with Crippen molar-refractivity contribution in [3.63, 3.8) is 0 Å². The summed E-state index contributed by atoms with van der Waals surface area (Å²) in [4.78, 5) is 17.8. The smallest absolute Gasteiger partial charge is 0.330 e. The van der Waals surface area contributed by atoms with Crippen LogP contribution in [0, 0.1) is 0 Å². The van der Waals surface area contributed by atoms with Crippen molar-refractivity contribution in [2.45, 2.75) is 6.42 Å². The molecule has 0 radical (unpaired) electrons. The van der Waals surface area contributed by atoms with Gasteiger partial charge < -0.3 is 10.7 Å². The number of H-pyrrole nitrogens is 1. The Morgan fingerprint density at radius 3 is 3.00 bits per heavy atom. The first-order valence-electron chi connectivity index (χ1n) is 4.59. The Morgan fingerprint density at radius 2 is 2.27 bits per heavy atom. The van der Waals surface area contributed by atoms with Gasteiger partial charge in [-0.3, -0.25) is 0 Å². The normalized spacial score (nSPS) is 10.8. The highest BCUT2D eigenvalue weighted by Crippen LogP contribution is 2.19. The maximum absolute atomic E-state index is 11.2.